The average Bonchev–Trinajstić information content (AvgIpc) is 2.39. The number of hydrogen-bond acceptors (Lipinski definition) is 6. The molecule has 0 heterocycles. The second-order valence-electron chi connectivity index (χ2n) is 2.78. The van der Waals surface area contributed by atoms with Gasteiger partial charge in [0.15, 0.2) is 0 Å². The number of nitriles is 2. The number of nitrogens with zero attached hydrogens (tertiary/aromatic N) is 2. The standard InChI is InChI=1S/C10H12Cl2N4S2/c11-1-3-17-9(15)7(5-13)8(6-14)10(16)18-4-2-12/h1-4,15-16H2. The summed E-state index contributed by atoms with van der Waals surface area (Å²) in [5.74, 6) is 1.94. The highest BCUT2D eigenvalue weighted by molar-refractivity contribution is 8.03. The quantitative estimate of drug-likeness (QED) is 0.424. The summed E-state index contributed by atoms with van der Waals surface area (Å²) in [5, 5.41) is 18.6. The Balaban J connectivity index is 5.24. The second-order valence-corrected chi connectivity index (χ2v) is 5.81. The summed E-state index contributed by atoms with van der Waals surface area (Å²) >= 11 is 13.5. The van der Waals surface area contributed by atoms with E-state index >= 15 is 0 Å². The van der Waals surface area contributed by atoms with Crippen LogP contribution in [0.4, 0.5) is 0 Å². The van der Waals surface area contributed by atoms with Gasteiger partial charge in [0, 0.05) is 23.3 Å². The molecule has 0 atom stereocenters. The van der Waals surface area contributed by atoms with Gasteiger partial charge in [-0.15, -0.1) is 46.7 Å². The Morgan fingerprint density at radius 2 is 1.22 bits per heavy atom. The van der Waals surface area contributed by atoms with Gasteiger partial charge in [0.2, 0.25) is 0 Å². The largest absolute Gasteiger partial charge is 0.392 e. The first-order valence-electron chi connectivity index (χ1n) is 4.79. The Labute approximate surface area is 125 Å². The highest BCUT2D eigenvalue weighted by atomic mass is 35.5. The van der Waals surface area contributed by atoms with Crippen LogP contribution in [0.3, 0.4) is 0 Å². The van der Waals surface area contributed by atoms with Crippen LogP contribution in [0.2, 0.25) is 0 Å². The van der Waals surface area contributed by atoms with Crippen molar-refractivity contribution in [2.45, 2.75) is 0 Å². The van der Waals surface area contributed by atoms with E-state index in [-0.39, 0.29) is 21.2 Å². The summed E-state index contributed by atoms with van der Waals surface area (Å²) in [6, 6.07) is 3.81. The SMILES string of the molecule is N#CC(=C(N)SCCCl)C(C#N)=C(N)SCCCl. The Hall–Kier alpha value is -0.660. The van der Waals surface area contributed by atoms with E-state index < -0.39 is 0 Å². The van der Waals surface area contributed by atoms with Gasteiger partial charge in [-0.05, 0) is 0 Å². The van der Waals surface area contributed by atoms with Gasteiger partial charge in [-0.2, -0.15) is 10.5 Å². The first-order valence-corrected chi connectivity index (χ1v) is 7.83. The maximum atomic E-state index is 9.06. The van der Waals surface area contributed by atoms with Crippen molar-refractivity contribution in [3.63, 3.8) is 0 Å². The summed E-state index contributed by atoms with van der Waals surface area (Å²) < 4.78 is 0. The molecule has 0 aliphatic heterocycles. The molecule has 0 saturated heterocycles. The van der Waals surface area contributed by atoms with Crippen molar-refractivity contribution >= 4 is 46.7 Å². The molecule has 0 amide bonds. The number of alkyl halides is 2. The highest BCUT2D eigenvalue weighted by Gasteiger charge is 2.14. The van der Waals surface area contributed by atoms with Crippen molar-refractivity contribution in [1.82, 2.24) is 0 Å². The van der Waals surface area contributed by atoms with Crippen LogP contribution < -0.4 is 11.5 Å². The second kappa shape index (κ2) is 10.3. The average molecular weight is 323 g/mol. The fourth-order valence-corrected chi connectivity index (χ4v) is 2.55. The highest BCUT2D eigenvalue weighted by Crippen LogP contribution is 2.25. The van der Waals surface area contributed by atoms with Gasteiger partial charge < -0.3 is 11.5 Å². The molecule has 0 rings (SSSR count). The topological polar surface area (TPSA) is 99.6 Å². The fourth-order valence-electron chi connectivity index (χ4n) is 0.910. The predicted octanol–water partition coefficient (Wildman–Crippen LogP) is 2.32. The predicted molar refractivity (Wildman–Crippen MR) is 80.0 cm³/mol. The van der Waals surface area contributed by atoms with Crippen molar-refractivity contribution in [1.29, 1.82) is 10.5 Å². The van der Waals surface area contributed by atoms with Crippen LogP contribution in [-0.4, -0.2) is 23.3 Å². The van der Waals surface area contributed by atoms with Crippen LogP contribution >= 0.6 is 46.7 Å². The van der Waals surface area contributed by atoms with E-state index in [2.05, 4.69) is 0 Å². The molecule has 0 fully saturated rings. The number of halogens is 2. The molecule has 8 heteroatoms. The maximum Gasteiger partial charge on any atom is 0.103 e. The zero-order valence-corrected chi connectivity index (χ0v) is 12.6. The van der Waals surface area contributed by atoms with Gasteiger partial charge in [0.25, 0.3) is 0 Å². The lowest BCUT2D eigenvalue weighted by atomic mass is 10.1. The van der Waals surface area contributed by atoms with Crippen molar-refractivity contribution < 1.29 is 0 Å². The summed E-state index contributed by atoms with van der Waals surface area (Å²) in [6.07, 6.45) is 0. The molecule has 0 aromatic carbocycles. The van der Waals surface area contributed by atoms with Gasteiger partial charge in [-0.3, -0.25) is 0 Å². The zero-order valence-electron chi connectivity index (χ0n) is 9.45. The molecule has 0 unspecified atom stereocenters. The van der Waals surface area contributed by atoms with E-state index in [0.717, 1.165) is 0 Å². The first-order chi connectivity index (χ1) is 8.62. The zero-order chi connectivity index (χ0) is 14.0. The van der Waals surface area contributed by atoms with E-state index in [1.165, 1.54) is 23.5 Å². The number of hydrogen-bond donors (Lipinski definition) is 2. The summed E-state index contributed by atoms with van der Waals surface area (Å²) in [6.45, 7) is 0. The van der Waals surface area contributed by atoms with Crippen molar-refractivity contribution in [2.75, 3.05) is 23.3 Å². The van der Waals surface area contributed by atoms with Crippen LogP contribution in [-0.2, 0) is 0 Å². The lowest BCUT2D eigenvalue weighted by molar-refractivity contribution is 1.34. The molecule has 0 spiro atoms. The van der Waals surface area contributed by atoms with E-state index in [1.54, 1.807) is 0 Å². The Bertz CT molecular complexity index is 381. The van der Waals surface area contributed by atoms with Crippen molar-refractivity contribution in [3.05, 3.63) is 21.2 Å². The molecule has 0 radical (unpaired) electrons. The lowest BCUT2D eigenvalue weighted by Crippen LogP contribution is -2.06. The van der Waals surface area contributed by atoms with Crippen LogP contribution in [0, 0.1) is 22.7 Å². The van der Waals surface area contributed by atoms with Gasteiger partial charge in [-0.25, -0.2) is 0 Å². The normalized spacial score (nSPS) is 13.1. The third-order valence-electron chi connectivity index (χ3n) is 1.64. The molecule has 0 bridgehead atoms. The minimum Gasteiger partial charge on any atom is -0.392 e. The molecular weight excluding hydrogens is 311 g/mol. The maximum absolute atomic E-state index is 9.06. The molecule has 0 aromatic rings. The van der Waals surface area contributed by atoms with E-state index in [1.807, 2.05) is 12.1 Å². The van der Waals surface area contributed by atoms with Crippen molar-refractivity contribution in [2.24, 2.45) is 11.5 Å². The van der Waals surface area contributed by atoms with Crippen molar-refractivity contribution in [3.8, 4) is 12.1 Å². The van der Waals surface area contributed by atoms with Gasteiger partial charge in [0.1, 0.15) is 23.3 Å². The molecule has 0 aliphatic rings. The van der Waals surface area contributed by atoms with Gasteiger partial charge in [-0.1, -0.05) is 0 Å². The van der Waals surface area contributed by atoms with E-state index in [0.29, 0.717) is 23.3 Å². The molecule has 18 heavy (non-hydrogen) atoms. The third-order valence-corrected chi connectivity index (χ3v) is 4.31. The molecule has 4 N–H and O–H groups in total. The summed E-state index contributed by atoms with van der Waals surface area (Å²) in [4.78, 5) is 0. The van der Waals surface area contributed by atoms with Gasteiger partial charge in [0.05, 0.1) is 10.1 Å². The lowest BCUT2D eigenvalue weighted by Gasteiger charge is -2.06. The summed E-state index contributed by atoms with van der Waals surface area (Å²) in [5.41, 5.74) is 11.7. The Morgan fingerprint density at radius 1 is 0.889 bits per heavy atom. The Morgan fingerprint density at radius 3 is 1.44 bits per heavy atom. The number of allylic oxidation sites excluding steroid dienone is 2. The molecule has 0 saturated carbocycles. The van der Waals surface area contributed by atoms with Crippen LogP contribution in [0.1, 0.15) is 0 Å². The number of thioether (sulfide) groups is 2. The molecule has 0 aliphatic carbocycles. The number of nitrogens with two attached hydrogens (primary N) is 2. The summed E-state index contributed by atoms with van der Waals surface area (Å²) in [7, 11) is 0. The molecular formula is C10H12Cl2N4S2. The van der Waals surface area contributed by atoms with Gasteiger partial charge >= 0.3 is 0 Å². The monoisotopic (exact) mass is 322 g/mol. The van der Waals surface area contributed by atoms with Crippen LogP contribution in [0.15, 0.2) is 21.2 Å². The number of rotatable bonds is 7. The fraction of sp³-hybridized carbons (Fsp3) is 0.400. The van der Waals surface area contributed by atoms with E-state index in [9.17, 15) is 0 Å². The smallest absolute Gasteiger partial charge is 0.103 e. The first kappa shape index (κ1) is 17.3. The minimum absolute atomic E-state index is 0.0900. The molecule has 4 nitrogen and oxygen atoms in total. The van der Waals surface area contributed by atoms with Crippen LogP contribution in [0.5, 0.6) is 0 Å². The van der Waals surface area contributed by atoms with Crippen LogP contribution in [0.25, 0.3) is 0 Å². The minimum atomic E-state index is 0.0900. The Kier molecular flexibility index (Phi) is 9.90. The molecule has 0 aromatic heterocycles. The van der Waals surface area contributed by atoms with E-state index in [4.69, 9.17) is 45.2 Å². The third kappa shape index (κ3) is 5.79. The molecule has 98 valence electrons.